The highest BCUT2D eigenvalue weighted by molar-refractivity contribution is 7.91. The maximum atomic E-state index is 16.0. The summed E-state index contributed by atoms with van der Waals surface area (Å²) in [4.78, 5) is 40.1. The number of hydrogen-bond donors (Lipinski definition) is 3. The van der Waals surface area contributed by atoms with Crippen molar-refractivity contribution in [2.45, 2.75) is 91.6 Å². The molecule has 5 atom stereocenters. The van der Waals surface area contributed by atoms with Crippen LogP contribution in [0.25, 0.3) is 11.0 Å². The van der Waals surface area contributed by atoms with Crippen molar-refractivity contribution < 1.29 is 41.8 Å². The monoisotopic (exact) mass is 946 g/mol. The van der Waals surface area contributed by atoms with Crippen LogP contribution in [0.4, 0.5) is 28.4 Å². The summed E-state index contributed by atoms with van der Waals surface area (Å²) in [6.45, 7) is 5.84. The van der Waals surface area contributed by atoms with Gasteiger partial charge in [0.15, 0.2) is 11.4 Å². The molecule has 1 aliphatic carbocycles. The lowest BCUT2D eigenvalue weighted by atomic mass is 9.59. The minimum atomic E-state index is -4.78. The van der Waals surface area contributed by atoms with Gasteiger partial charge in [-0.05, 0) is 92.8 Å². The molecular formula is C49H54N8O10S. The number of aromatic amines is 1. The van der Waals surface area contributed by atoms with Crippen LogP contribution in [0.2, 0.25) is 0 Å². The van der Waals surface area contributed by atoms with Crippen molar-refractivity contribution in [2.24, 2.45) is 11.1 Å². The number of nitro benzene ring substituents is 1. The number of likely N-dealkylation sites (tertiary alicyclic amines) is 1. The number of nitrogens with one attached hydrogen (secondary N) is 2. The average molecular weight is 947 g/mol. The molecule has 7 aliphatic rings. The molecule has 1 amide bonds. The van der Waals surface area contributed by atoms with Gasteiger partial charge in [-0.25, -0.2) is 8.42 Å². The number of pyridine rings is 1. The summed E-state index contributed by atoms with van der Waals surface area (Å²) in [5.41, 5.74) is 9.98. The Bertz CT molecular complexity index is 2940. The van der Waals surface area contributed by atoms with Gasteiger partial charge in [-0.2, -0.15) is 4.98 Å². The number of hydrogen-bond acceptors (Lipinski definition) is 15. The number of benzene rings is 3. The number of aryl methyl sites for hydroxylation is 1. The Morgan fingerprint density at radius 3 is 2.56 bits per heavy atom. The molecule has 3 aromatic carbocycles. The van der Waals surface area contributed by atoms with Gasteiger partial charge in [-0.1, -0.05) is 24.3 Å². The van der Waals surface area contributed by atoms with E-state index in [0.29, 0.717) is 55.4 Å². The SMILES string of the molecule is Cc1ccccc1[C@@H]1CCCN1C1CC2(CCN(c3ccc(C(N)=O)c(N4c5cc6cc[nH]c6nc5O[C@@H]5COC[C@H]54)c3S(=O)(=O)c3cc4c(c([N+](=O)[O-])c3)N[C@H]([C@H]3COCCO3)CO4)CC2)C1. The smallest absolute Gasteiger partial charge is 0.297 e. The van der Waals surface area contributed by atoms with E-state index < -0.39 is 50.6 Å². The number of primary amides is 1. The van der Waals surface area contributed by atoms with Crippen molar-refractivity contribution in [3.63, 3.8) is 0 Å². The van der Waals surface area contributed by atoms with Crippen LogP contribution in [-0.2, 0) is 24.0 Å². The van der Waals surface area contributed by atoms with Crippen LogP contribution in [0.3, 0.4) is 0 Å². The van der Waals surface area contributed by atoms with Crippen LogP contribution in [0.15, 0.2) is 76.7 Å². The molecule has 0 bridgehead atoms. The normalized spacial score (nSPS) is 25.8. The van der Waals surface area contributed by atoms with E-state index in [9.17, 15) is 14.9 Å². The topological polar surface area (TPSA) is 217 Å². The van der Waals surface area contributed by atoms with Crippen molar-refractivity contribution in [3.05, 3.63) is 93.7 Å². The second-order valence-electron chi connectivity index (χ2n) is 19.5. The Labute approximate surface area is 393 Å². The molecule has 4 N–H and O–H groups in total. The first-order chi connectivity index (χ1) is 33.0. The number of ether oxygens (including phenoxy) is 5. The number of carbonyl (C=O) groups is 1. The summed E-state index contributed by atoms with van der Waals surface area (Å²) in [7, 11) is -4.78. The molecule has 1 spiro atoms. The lowest BCUT2D eigenvalue weighted by Crippen LogP contribution is -2.55. The van der Waals surface area contributed by atoms with Gasteiger partial charge in [0, 0.05) is 48.9 Å². The number of fused-ring (bicyclic) bond motifs is 4. The summed E-state index contributed by atoms with van der Waals surface area (Å²) in [5.74, 6) is -0.624. The first-order valence-corrected chi connectivity index (χ1v) is 25.2. The molecule has 8 heterocycles. The summed E-state index contributed by atoms with van der Waals surface area (Å²) >= 11 is 0. The maximum absolute atomic E-state index is 16.0. The standard InChI is InChI=1S/C49H54N8O10S/c1-28-5-2-3-6-32(28)35-7-4-14-55(35)30-22-49(23-30)11-15-54(16-12-49)36-9-8-33(46(50)58)44(56-38-19-29-10-13-51-47(29)53-48(38)67-42-27-64-25-39(42)56)45(36)68(61,62)31-20-37(57(59)60)43-40(21-31)66-24-34(52-43)41-26-63-17-18-65-41/h2-3,5-6,8-10,13,19-21,30,34-35,39,41-42,52H,4,7,11-12,14-18,22-27H2,1H3,(H2,50,58)(H,51,53)/t34-,35-,39+,41+,42+/m0/s1. The van der Waals surface area contributed by atoms with Crippen LogP contribution in [0, 0.1) is 22.5 Å². The molecule has 6 aliphatic heterocycles. The van der Waals surface area contributed by atoms with E-state index in [1.54, 1.807) is 23.2 Å². The van der Waals surface area contributed by atoms with Crippen LogP contribution >= 0.6 is 0 Å². The van der Waals surface area contributed by atoms with E-state index >= 15 is 8.42 Å². The first kappa shape index (κ1) is 43.3. The molecule has 4 saturated heterocycles. The number of anilines is 4. The third-order valence-electron chi connectivity index (χ3n) is 15.6. The Morgan fingerprint density at radius 2 is 1.78 bits per heavy atom. The lowest BCUT2D eigenvalue weighted by Gasteiger charge is -2.56. The quantitative estimate of drug-likeness (QED) is 0.111. The molecule has 19 heteroatoms. The molecule has 2 aromatic heterocycles. The van der Waals surface area contributed by atoms with Crippen LogP contribution in [-0.4, -0.2) is 124 Å². The molecular weight excluding hydrogens is 893 g/mol. The van der Waals surface area contributed by atoms with Crippen LogP contribution in [0.5, 0.6) is 11.6 Å². The minimum Gasteiger partial charge on any atom is -0.489 e. The predicted octanol–water partition coefficient (Wildman–Crippen LogP) is 6.18. The number of nitrogens with zero attached hydrogens (tertiary/aromatic N) is 5. The van der Waals surface area contributed by atoms with Crippen molar-refractivity contribution in [1.82, 2.24) is 14.9 Å². The Balaban J connectivity index is 0.954. The molecule has 5 fully saturated rings. The molecule has 5 aromatic rings. The lowest BCUT2D eigenvalue weighted by molar-refractivity contribution is -0.384. The summed E-state index contributed by atoms with van der Waals surface area (Å²) in [5, 5.41) is 16.9. The van der Waals surface area contributed by atoms with Gasteiger partial charge in [0.25, 0.3) is 11.6 Å². The molecule has 0 unspecified atom stereocenters. The van der Waals surface area contributed by atoms with Gasteiger partial charge in [-0.3, -0.25) is 19.8 Å². The average Bonchev–Trinajstić information content (AvgIpc) is 4.13. The molecule has 0 radical (unpaired) electrons. The number of nitrogens with two attached hydrogens (primary N) is 1. The van der Waals surface area contributed by atoms with Gasteiger partial charge in [0.1, 0.15) is 35.0 Å². The summed E-state index contributed by atoms with van der Waals surface area (Å²) in [6.07, 6.45) is 6.88. The number of carbonyl (C=O) groups excluding carboxylic acids is 1. The number of rotatable bonds is 9. The first-order valence-electron chi connectivity index (χ1n) is 23.7. The number of nitro groups is 1. The van der Waals surface area contributed by atoms with Gasteiger partial charge in [0.2, 0.25) is 15.7 Å². The largest absolute Gasteiger partial charge is 0.489 e. The van der Waals surface area contributed by atoms with Gasteiger partial charge in [-0.15, -0.1) is 0 Å². The van der Waals surface area contributed by atoms with E-state index in [1.807, 2.05) is 12.1 Å². The number of H-pyrrole nitrogens is 1. The molecule has 18 nitrogen and oxygen atoms in total. The summed E-state index contributed by atoms with van der Waals surface area (Å²) < 4.78 is 62.1. The highest BCUT2D eigenvalue weighted by atomic mass is 32.2. The summed E-state index contributed by atoms with van der Waals surface area (Å²) in [6, 6.07) is 17.9. The molecule has 356 valence electrons. The van der Waals surface area contributed by atoms with Gasteiger partial charge in [0.05, 0.1) is 71.9 Å². The van der Waals surface area contributed by atoms with Gasteiger partial charge < -0.3 is 49.5 Å². The van der Waals surface area contributed by atoms with E-state index in [-0.39, 0.29) is 70.2 Å². The fourth-order valence-electron chi connectivity index (χ4n) is 12.1. The minimum absolute atomic E-state index is 0.00190. The Kier molecular flexibility index (Phi) is 10.6. The fourth-order valence-corrected chi connectivity index (χ4v) is 13.8. The van der Waals surface area contributed by atoms with Gasteiger partial charge >= 0.3 is 0 Å². The van der Waals surface area contributed by atoms with Crippen molar-refractivity contribution in [3.8, 4) is 11.6 Å². The van der Waals surface area contributed by atoms with E-state index in [1.165, 1.54) is 23.6 Å². The van der Waals surface area contributed by atoms with E-state index in [0.717, 1.165) is 50.1 Å². The second kappa shape index (κ2) is 16.6. The van der Waals surface area contributed by atoms with Crippen molar-refractivity contribution in [1.29, 1.82) is 0 Å². The molecule has 68 heavy (non-hydrogen) atoms. The molecule has 1 saturated carbocycles. The van der Waals surface area contributed by atoms with Crippen LogP contribution in [0.1, 0.15) is 66.1 Å². The maximum Gasteiger partial charge on any atom is 0.297 e. The molecule has 12 rings (SSSR count). The van der Waals surface area contributed by atoms with E-state index in [4.69, 9.17) is 34.4 Å². The zero-order valence-corrected chi connectivity index (χ0v) is 38.5. The number of amides is 1. The zero-order chi connectivity index (χ0) is 46.5. The number of sulfone groups is 1. The van der Waals surface area contributed by atoms with Crippen molar-refractivity contribution >= 4 is 55.2 Å². The second-order valence-corrected chi connectivity index (χ2v) is 21.3. The third kappa shape index (κ3) is 7.15. The number of aromatic nitrogens is 2. The third-order valence-corrected chi connectivity index (χ3v) is 17.4. The number of piperidine rings is 1. The Morgan fingerprint density at radius 1 is 0.956 bits per heavy atom. The highest BCUT2D eigenvalue weighted by Crippen LogP contribution is 2.56. The van der Waals surface area contributed by atoms with Crippen LogP contribution < -0.4 is 30.3 Å². The highest BCUT2D eigenvalue weighted by Gasteiger charge is 2.51. The predicted molar refractivity (Wildman–Crippen MR) is 251 cm³/mol. The van der Waals surface area contributed by atoms with E-state index in [2.05, 4.69) is 51.3 Å². The zero-order valence-electron chi connectivity index (χ0n) is 37.7. The fraction of sp³-hybridized carbons (Fsp3) is 0.469. The van der Waals surface area contributed by atoms with Crippen molar-refractivity contribution in [2.75, 3.05) is 74.4 Å². The Hall–Kier alpha value is -5.99.